The topological polar surface area (TPSA) is 72.8 Å². The first-order valence-corrected chi connectivity index (χ1v) is 10.8. The number of fused-ring (bicyclic) bond motifs is 3. The zero-order valence-corrected chi connectivity index (χ0v) is 19.2. The summed E-state index contributed by atoms with van der Waals surface area (Å²) in [4.78, 5) is 0. The second kappa shape index (κ2) is 8.41. The van der Waals surface area contributed by atoms with Crippen LogP contribution in [0.3, 0.4) is 0 Å². The number of phenolic OH excluding ortho intramolecular Hbond substituents is 1. The van der Waals surface area contributed by atoms with Crippen molar-refractivity contribution in [1.29, 1.82) is 0 Å². The molecule has 0 amide bonds. The van der Waals surface area contributed by atoms with Gasteiger partial charge in [0.1, 0.15) is 5.75 Å². The van der Waals surface area contributed by atoms with Crippen LogP contribution in [0.25, 0.3) is 0 Å². The maximum atomic E-state index is 10.5. The van der Waals surface area contributed by atoms with E-state index in [1.165, 1.54) is 0 Å². The Morgan fingerprint density at radius 1 is 0.970 bits per heavy atom. The van der Waals surface area contributed by atoms with Gasteiger partial charge in [0.25, 0.3) is 0 Å². The lowest BCUT2D eigenvalue weighted by atomic mass is 9.95. The monoisotopic (exact) mass is 466 g/mol. The summed E-state index contributed by atoms with van der Waals surface area (Å²) in [7, 11) is 4.82. The molecular weight excluding hydrogens is 444 g/mol. The molecule has 2 heterocycles. The molecule has 0 unspecified atom stereocenters. The van der Waals surface area contributed by atoms with Crippen molar-refractivity contribution in [3.63, 3.8) is 0 Å². The first-order chi connectivity index (χ1) is 16.0. The minimum Gasteiger partial charge on any atom is -0.507 e. The van der Waals surface area contributed by atoms with Gasteiger partial charge in [-0.15, -0.1) is 0 Å². The molecule has 8 heteroatoms. The van der Waals surface area contributed by atoms with E-state index in [-0.39, 0.29) is 11.8 Å². The van der Waals surface area contributed by atoms with Crippen molar-refractivity contribution in [2.45, 2.75) is 18.7 Å². The number of hydrazone groups is 1. The molecule has 170 valence electrons. The van der Waals surface area contributed by atoms with Gasteiger partial charge in [0.15, 0.2) is 23.0 Å². The Kier molecular flexibility index (Phi) is 5.42. The Morgan fingerprint density at radius 3 is 2.52 bits per heavy atom. The molecule has 5 rings (SSSR count). The van der Waals surface area contributed by atoms with Crippen molar-refractivity contribution in [2.75, 3.05) is 21.3 Å². The van der Waals surface area contributed by atoms with Crippen LogP contribution in [-0.4, -0.2) is 37.2 Å². The number of nitrogens with zero attached hydrogens (tertiary/aromatic N) is 2. The van der Waals surface area contributed by atoms with Gasteiger partial charge in [0.05, 0.1) is 33.1 Å². The first-order valence-electron chi connectivity index (χ1n) is 10.4. The maximum Gasteiger partial charge on any atom is 0.214 e. The second-order valence-electron chi connectivity index (χ2n) is 7.77. The van der Waals surface area contributed by atoms with Crippen LogP contribution in [0, 0.1) is 0 Å². The van der Waals surface area contributed by atoms with Crippen LogP contribution in [0.4, 0.5) is 0 Å². The highest BCUT2D eigenvalue weighted by molar-refractivity contribution is 6.31. The van der Waals surface area contributed by atoms with Crippen LogP contribution in [-0.2, 0) is 0 Å². The number of halogens is 1. The zero-order chi connectivity index (χ0) is 23.1. The Hall–Kier alpha value is -3.58. The molecule has 0 spiro atoms. The molecule has 0 radical (unpaired) electrons. The van der Waals surface area contributed by atoms with Gasteiger partial charge in [0.2, 0.25) is 6.23 Å². The lowest BCUT2D eigenvalue weighted by molar-refractivity contribution is -0.0210. The summed E-state index contributed by atoms with van der Waals surface area (Å²) < 4.78 is 23.0. The van der Waals surface area contributed by atoms with E-state index in [4.69, 9.17) is 35.6 Å². The predicted octanol–water partition coefficient (Wildman–Crippen LogP) is 5.31. The minimum absolute atomic E-state index is 0.115. The van der Waals surface area contributed by atoms with Crippen LogP contribution >= 0.6 is 11.6 Å². The fourth-order valence-corrected chi connectivity index (χ4v) is 4.55. The van der Waals surface area contributed by atoms with Gasteiger partial charge < -0.3 is 24.1 Å². The number of hydrogen-bond donors (Lipinski definition) is 1. The molecule has 0 saturated heterocycles. The molecule has 0 fully saturated rings. The van der Waals surface area contributed by atoms with Crippen LogP contribution < -0.4 is 18.9 Å². The van der Waals surface area contributed by atoms with Crippen molar-refractivity contribution >= 4 is 17.3 Å². The smallest absolute Gasteiger partial charge is 0.214 e. The van der Waals surface area contributed by atoms with Crippen LogP contribution in [0.5, 0.6) is 28.7 Å². The van der Waals surface area contributed by atoms with Gasteiger partial charge >= 0.3 is 0 Å². The number of para-hydroxylation sites is 1. The van der Waals surface area contributed by atoms with Gasteiger partial charge in [-0.2, -0.15) is 5.10 Å². The molecule has 0 bridgehead atoms. The number of methoxy groups -OCH3 is 3. The average Bonchev–Trinajstić information content (AvgIpc) is 3.29. The molecule has 0 saturated carbocycles. The number of benzene rings is 3. The van der Waals surface area contributed by atoms with E-state index >= 15 is 0 Å². The predicted molar refractivity (Wildman–Crippen MR) is 125 cm³/mol. The second-order valence-corrected chi connectivity index (χ2v) is 8.21. The molecule has 2 aliphatic rings. The zero-order valence-electron chi connectivity index (χ0n) is 18.4. The van der Waals surface area contributed by atoms with E-state index < -0.39 is 6.23 Å². The van der Waals surface area contributed by atoms with E-state index in [0.29, 0.717) is 40.0 Å². The van der Waals surface area contributed by atoms with Gasteiger partial charge in [0, 0.05) is 28.1 Å². The van der Waals surface area contributed by atoms with Crippen molar-refractivity contribution in [1.82, 2.24) is 5.01 Å². The molecular formula is C25H23ClN2O5. The van der Waals surface area contributed by atoms with Crippen molar-refractivity contribution in [3.05, 3.63) is 76.3 Å². The number of aromatic hydroxyl groups is 1. The van der Waals surface area contributed by atoms with E-state index in [1.807, 2.05) is 41.4 Å². The number of phenols is 1. The standard InChI is InChI=1S/C25H23ClN2O5/c1-30-21-10-7-14(11-23(21)32-3)25-28-19(16-5-4-6-22(31-2)24(16)33-25)13-18(27-28)17-12-15(26)8-9-20(17)29/h4-12,19,25,29H,13H2,1-3H3/t19-,25-/m1/s1. The molecule has 33 heavy (non-hydrogen) atoms. The summed E-state index contributed by atoms with van der Waals surface area (Å²) in [6, 6.07) is 16.3. The molecule has 1 N–H and O–H groups in total. The Bertz CT molecular complexity index is 1250. The largest absolute Gasteiger partial charge is 0.507 e. The van der Waals surface area contributed by atoms with Crippen LogP contribution in [0.1, 0.15) is 35.4 Å². The third-order valence-corrected chi connectivity index (χ3v) is 6.20. The minimum atomic E-state index is -0.544. The summed E-state index contributed by atoms with van der Waals surface area (Å²) in [5.74, 6) is 2.68. The third-order valence-electron chi connectivity index (χ3n) is 5.96. The van der Waals surface area contributed by atoms with E-state index in [0.717, 1.165) is 16.8 Å². The molecule has 2 atom stereocenters. The van der Waals surface area contributed by atoms with E-state index in [9.17, 15) is 5.11 Å². The van der Waals surface area contributed by atoms with E-state index in [2.05, 4.69) is 0 Å². The van der Waals surface area contributed by atoms with Crippen LogP contribution in [0.15, 0.2) is 59.7 Å². The molecule has 0 aliphatic carbocycles. The number of rotatable bonds is 5. The molecule has 0 aromatic heterocycles. The van der Waals surface area contributed by atoms with Gasteiger partial charge in [-0.1, -0.05) is 23.7 Å². The Labute approximate surface area is 196 Å². The highest BCUT2D eigenvalue weighted by atomic mass is 35.5. The Morgan fingerprint density at radius 2 is 1.76 bits per heavy atom. The fraction of sp³-hybridized carbons (Fsp3) is 0.240. The molecule has 2 aliphatic heterocycles. The quantitative estimate of drug-likeness (QED) is 0.549. The summed E-state index contributed by atoms with van der Waals surface area (Å²) in [5, 5.41) is 17.8. The van der Waals surface area contributed by atoms with Gasteiger partial charge in [-0.25, -0.2) is 5.01 Å². The van der Waals surface area contributed by atoms with Crippen molar-refractivity contribution < 1.29 is 24.1 Å². The average molecular weight is 467 g/mol. The normalized spacial score (nSPS) is 18.7. The first kappa shape index (κ1) is 21.3. The SMILES string of the molecule is COc1ccc([C@H]2Oc3c(OC)cccc3[C@H]3CC(c4cc(Cl)ccc4O)=NN32)cc1OC. The number of ether oxygens (including phenoxy) is 4. The maximum absolute atomic E-state index is 10.5. The highest BCUT2D eigenvalue weighted by Gasteiger charge is 2.42. The lowest BCUT2D eigenvalue weighted by Crippen LogP contribution is -2.33. The van der Waals surface area contributed by atoms with Gasteiger partial charge in [-0.05, 0) is 42.5 Å². The van der Waals surface area contributed by atoms with Crippen molar-refractivity contribution in [3.8, 4) is 28.7 Å². The molecule has 3 aromatic carbocycles. The highest BCUT2D eigenvalue weighted by Crippen LogP contribution is 2.51. The van der Waals surface area contributed by atoms with Crippen molar-refractivity contribution in [2.24, 2.45) is 5.10 Å². The van der Waals surface area contributed by atoms with E-state index in [1.54, 1.807) is 39.5 Å². The Balaban J connectivity index is 1.64. The fourth-order valence-electron chi connectivity index (χ4n) is 4.37. The molecule has 3 aromatic rings. The third kappa shape index (κ3) is 3.58. The summed E-state index contributed by atoms with van der Waals surface area (Å²) in [5.41, 5.74) is 3.14. The summed E-state index contributed by atoms with van der Waals surface area (Å²) in [6.45, 7) is 0. The number of hydrogen-bond acceptors (Lipinski definition) is 7. The molecule has 7 nitrogen and oxygen atoms in total. The van der Waals surface area contributed by atoms with Crippen LogP contribution in [0.2, 0.25) is 5.02 Å². The lowest BCUT2D eigenvalue weighted by Gasteiger charge is -2.38. The summed E-state index contributed by atoms with van der Waals surface area (Å²) >= 11 is 6.21. The van der Waals surface area contributed by atoms with Gasteiger partial charge in [-0.3, -0.25) is 0 Å². The summed E-state index contributed by atoms with van der Waals surface area (Å²) in [6.07, 6.45) is 0.0266.